The summed E-state index contributed by atoms with van der Waals surface area (Å²) < 4.78 is 11.5. The summed E-state index contributed by atoms with van der Waals surface area (Å²) in [4.78, 5) is 2.13. The molecule has 2 aliphatic heterocycles. The molecule has 0 spiro atoms. The first-order chi connectivity index (χ1) is 15.4. The molecule has 3 unspecified atom stereocenters. The number of hydrazone groups is 1. The molecule has 0 saturated carbocycles. The minimum atomic E-state index is -0.408. The maximum Gasteiger partial charge on any atom is 0.222 e. The lowest BCUT2D eigenvalue weighted by Crippen LogP contribution is -2.42. The van der Waals surface area contributed by atoms with Crippen LogP contribution in [0.4, 0.5) is 0 Å². The third-order valence-corrected chi connectivity index (χ3v) is 6.92. The van der Waals surface area contributed by atoms with E-state index in [9.17, 15) is 10.4 Å². The van der Waals surface area contributed by atoms with Gasteiger partial charge in [0.25, 0.3) is 0 Å². The van der Waals surface area contributed by atoms with Gasteiger partial charge >= 0.3 is 0 Å². The molecule has 1 N–H and O–H groups in total. The van der Waals surface area contributed by atoms with Gasteiger partial charge in [-0.25, -0.2) is 5.43 Å². The van der Waals surface area contributed by atoms with Crippen LogP contribution in [0.1, 0.15) is 33.6 Å². The van der Waals surface area contributed by atoms with Crippen molar-refractivity contribution < 1.29 is 14.4 Å². The maximum atomic E-state index is 10.9. The van der Waals surface area contributed by atoms with E-state index in [1.807, 2.05) is 0 Å². The number of hydrogen-bond acceptors (Lipinski definition) is 7. The zero-order chi connectivity index (χ0) is 22.7. The Balaban J connectivity index is 1.40. The molecule has 2 aliphatic carbocycles. The number of allylic oxidation sites excluding steroid dienone is 6. The van der Waals surface area contributed by atoms with Crippen LogP contribution >= 0.6 is 0 Å². The van der Waals surface area contributed by atoms with E-state index in [2.05, 4.69) is 42.3 Å². The molecule has 3 atom stereocenters. The van der Waals surface area contributed by atoms with Gasteiger partial charge in [-0.1, -0.05) is 25.5 Å². The van der Waals surface area contributed by atoms with Crippen LogP contribution in [-0.2, 0) is 9.47 Å². The second kappa shape index (κ2) is 9.92. The Morgan fingerprint density at radius 3 is 2.56 bits per heavy atom. The Hall–Kier alpha value is -2.58. The van der Waals surface area contributed by atoms with Crippen molar-refractivity contribution in [2.45, 2.75) is 33.6 Å². The van der Waals surface area contributed by atoms with Gasteiger partial charge in [0.05, 0.1) is 13.2 Å². The molecule has 1 fully saturated rings. The van der Waals surface area contributed by atoms with Crippen LogP contribution in [0.15, 0.2) is 52.5 Å². The molecule has 4 aliphatic rings. The first kappa shape index (κ1) is 22.6. The number of nitrogens with zero attached hydrogens (tertiary/aromatic N) is 3. The Labute approximate surface area is 189 Å². The van der Waals surface area contributed by atoms with Gasteiger partial charge in [0.2, 0.25) is 17.5 Å². The van der Waals surface area contributed by atoms with Crippen molar-refractivity contribution in [2.24, 2.45) is 28.8 Å². The molecule has 2 heterocycles. The van der Waals surface area contributed by atoms with E-state index in [-0.39, 0.29) is 5.71 Å². The molecule has 8 nitrogen and oxygen atoms in total. The summed E-state index contributed by atoms with van der Waals surface area (Å²) in [7, 11) is 0. The summed E-state index contributed by atoms with van der Waals surface area (Å²) in [6.45, 7) is 11.7. The maximum absolute atomic E-state index is 10.9. The van der Waals surface area contributed by atoms with Crippen molar-refractivity contribution in [1.82, 2.24) is 10.3 Å². The lowest BCUT2D eigenvalue weighted by molar-refractivity contribution is -0.377. The van der Waals surface area contributed by atoms with Gasteiger partial charge in [-0.2, -0.15) is 4.90 Å². The molecule has 0 aromatic rings. The molecular formula is C24H33N4O4-. The van der Waals surface area contributed by atoms with Crippen LogP contribution in [-0.4, -0.2) is 54.3 Å². The molecule has 0 aromatic carbocycles. The molecule has 0 aromatic heterocycles. The van der Waals surface area contributed by atoms with Gasteiger partial charge in [-0.3, -0.25) is 4.90 Å². The Morgan fingerprint density at radius 1 is 1.19 bits per heavy atom. The lowest BCUT2D eigenvalue weighted by Gasteiger charge is -2.40. The zero-order valence-electron chi connectivity index (χ0n) is 19.1. The molecule has 8 heteroatoms. The third-order valence-electron chi connectivity index (χ3n) is 6.92. The normalized spacial score (nSPS) is 28.5. The molecule has 174 valence electrons. The van der Waals surface area contributed by atoms with E-state index in [0.717, 1.165) is 51.3 Å². The van der Waals surface area contributed by atoms with Gasteiger partial charge in [-0.15, -0.1) is 5.10 Å². The fraction of sp³-hybridized carbons (Fsp3) is 0.583. The predicted molar refractivity (Wildman–Crippen MR) is 125 cm³/mol. The fourth-order valence-electron chi connectivity index (χ4n) is 5.00. The average Bonchev–Trinajstić information content (AvgIpc) is 3.24. The minimum absolute atomic E-state index is 0.0582. The standard InChI is InChI=1S/C24H33N4O4/c1-16(2)22-13-19(17(3)12-20(22)15-27-8-10-31-11-9-27)14-23-25-26-24(32-23)18-4-6-21(7-5-18)28(29)30/h4-7,12,16,19-20,22,26H,8-11,13-15H2,1-3H3/q-1. The van der Waals surface area contributed by atoms with Gasteiger partial charge in [0.15, 0.2) is 0 Å². The van der Waals surface area contributed by atoms with Gasteiger partial charge in [0.1, 0.15) is 0 Å². The van der Waals surface area contributed by atoms with Crippen LogP contribution in [0.3, 0.4) is 0 Å². The SMILES string of the molecule is CC1=CC(CN2CCOCC2)C(C(C)C)CC1CC1=NNC(=C2C=CC(=[N+]([O-])[O-])C=C2)O1. The summed E-state index contributed by atoms with van der Waals surface area (Å²) in [5.41, 5.74) is 5.16. The zero-order valence-corrected chi connectivity index (χ0v) is 19.1. The minimum Gasteiger partial charge on any atom is -0.612 e. The molecular weight excluding hydrogens is 408 g/mol. The van der Waals surface area contributed by atoms with Crippen LogP contribution in [0.25, 0.3) is 0 Å². The highest BCUT2D eigenvalue weighted by molar-refractivity contribution is 6.02. The van der Waals surface area contributed by atoms with E-state index in [1.54, 1.807) is 12.2 Å². The van der Waals surface area contributed by atoms with Crippen LogP contribution in [0.5, 0.6) is 0 Å². The van der Waals surface area contributed by atoms with E-state index in [0.29, 0.717) is 35.5 Å². The van der Waals surface area contributed by atoms with Gasteiger partial charge in [0, 0.05) is 43.8 Å². The van der Waals surface area contributed by atoms with Crippen molar-refractivity contribution in [3.8, 4) is 0 Å². The lowest BCUT2D eigenvalue weighted by atomic mass is 9.69. The van der Waals surface area contributed by atoms with E-state index < -0.39 is 4.90 Å². The highest BCUT2D eigenvalue weighted by Gasteiger charge is 2.34. The molecule has 0 amide bonds. The Bertz CT molecular complexity index is 872. The number of rotatable bonds is 5. The van der Waals surface area contributed by atoms with Crippen molar-refractivity contribution >= 4 is 11.6 Å². The van der Waals surface area contributed by atoms with Crippen LogP contribution < -0.4 is 5.43 Å². The second-order valence-electron chi connectivity index (χ2n) is 9.38. The Morgan fingerprint density at radius 2 is 1.91 bits per heavy atom. The molecule has 0 bridgehead atoms. The van der Waals surface area contributed by atoms with E-state index >= 15 is 0 Å². The average molecular weight is 442 g/mol. The summed E-state index contributed by atoms with van der Waals surface area (Å²) >= 11 is 0. The summed E-state index contributed by atoms with van der Waals surface area (Å²) in [6, 6.07) is 0. The summed E-state index contributed by atoms with van der Waals surface area (Å²) in [5.74, 6) is 3.40. The summed E-state index contributed by atoms with van der Waals surface area (Å²) in [6.07, 6.45) is 10.7. The molecule has 1 saturated heterocycles. The quantitative estimate of drug-likeness (QED) is 0.400. The largest absolute Gasteiger partial charge is 0.612 e. The number of hydrogen-bond donors (Lipinski definition) is 1. The first-order valence-electron chi connectivity index (χ1n) is 11.5. The number of ether oxygens (including phenoxy) is 2. The van der Waals surface area contributed by atoms with Crippen molar-refractivity contribution in [2.75, 3.05) is 32.8 Å². The topological polar surface area (TPSA) is 95.2 Å². The van der Waals surface area contributed by atoms with Gasteiger partial charge < -0.3 is 19.9 Å². The Kier molecular flexibility index (Phi) is 7.01. The predicted octanol–water partition coefficient (Wildman–Crippen LogP) is 3.28. The van der Waals surface area contributed by atoms with Crippen LogP contribution in [0, 0.1) is 34.1 Å². The van der Waals surface area contributed by atoms with Gasteiger partial charge in [-0.05, 0) is 49.2 Å². The summed E-state index contributed by atoms with van der Waals surface area (Å²) in [5, 5.41) is 26.1. The molecule has 32 heavy (non-hydrogen) atoms. The number of nitrogens with one attached hydrogen (secondary N) is 1. The van der Waals surface area contributed by atoms with E-state index in [1.165, 1.54) is 17.7 Å². The molecule has 0 radical (unpaired) electrons. The van der Waals surface area contributed by atoms with Crippen molar-refractivity contribution in [1.29, 1.82) is 0 Å². The van der Waals surface area contributed by atoms with Crippen molar-refractivity contribution in [3.05, 3.63) is 57.8 Å². The van der Waals surface area contributed by atoms with Crippen LogP contribution in [0.2, 0.25) is 0 Å². The monoisotopic (exact) mass is 441 g/mol. The smallest absolute Gasteiger partial charge is 0.222 e. The first-order valence-corrected chi connectivity index (χ1v) is 11.5. The number of morpholine rings is 1. The van der Waals surface area contributed by atoms with E-state index in [4.69, 9.17) is 9.47 Å². The third kappa shape index (κ3) is 5.24. The second-order valence-corrected chi connectivity index (χ2v) is 9.38. The highest BCUT2D eigenvalue weighted by Crippen LogP contribution is 2.40. The molecule has 4 rings (SSSR count). The fourth-order valence-corrected chi connectivity index (χ4v) is 5.00. The highest BCUT2D eigenvalue weighted by atomic mass is 16.8. The van der Waals surface area contributed by atoms with Crippen molar-refractivity contribution in [3.63, 3.8) is 0 Å².